The number of aromatic nitrogens is 1. The smallest absolute Gasteiger partial charge is 0.113 e. The molecule has 2 nitrogen and oxygen atoms in total. The molecule has 1 aromatic heterocycles. The van der Waals surface area contributed by atoms with E-state index < -0.39 is 0 Å². The molecule has 1 unspecified atom stereocenters. The van der Waals surface area contributed by atoms with Gasteiger partial charge in [-0.1, -0.05) is 20.3 Å². The molecule has 1 fully saturated rings. The second-order valence-corrected chi connectivity index (χ2v) is 7.83. The van der Waals surface area contributed by atoms with Gasteiger partial charge in [-0.15, -0.1) is 11.3 Å². The van der Waals surface area contributed by atoms with E-state index in [-0.39, 0.29) is 5.54 Å². The monoisotopic (exact) mass is 278 g/mol. The molecule has 1 heterocycles. The molecule has 3 heteroatoms. The van der Waals surface area contributed by atoms with E-state index in [9.17, 15) is 0 Å². The molecule has 1 saturated carbocycles. The van der Waals surface area contributed by atoms with Crippen LogP contribution in [0.5, 0.6) is 0 Å². The molecule has 1 aromatic rings. The highest BCUT2D eigenvalue weighted by Gasteiger charge is 2.36. The van der Waals surface area contributed by atoms with Crippen molar-refractivity contribution in [2.45, 2.75) is 70.8 Å². The topological polar surface area (TPSA) is 38.9 Å². The summed E-state index contributed by atoms with van der Waals surface area (Å²) in [5, 5.41) is 1.24. The van der Waals surface area contributed by atoms with Crippen LogP contribution in [0.4, 0.5) is 0 Å². The zero-order chi connectivity index (χ0) is 13.5. The van der Waals surface area contributed by atoms with Crippen molar-refractivity contribution < 1.29 is 0 Å². The van der Waals surface area contributed by atoms with Crippen LogP contribution in [-0.4, -0.2) is 4.98 Å². The maximum Gasteiger partial charge on any atom is 0.113 e. The Morgan fingerprint density at radius 1 is 1.32 bits per heavy atom. The van der Waals surface area contributed by atoms with E-state index in [1.807, 2.05) is 11.3 Å². The number of hydrogen-bond donors (Lipinski definition) is 1. The van der Waals surface area contributed by atoms with Crippen molar-refractivity contribution in [2.75, 3.05) is 0 Å². The molecule has 0 amide bonds. The van der Waals surface area contributed by atoms with E-state index >= 15 is 0 Å². The Labute approximate surface area is 120 Å². The molecule has 0 radical (unpaired) electrons. The number of fused-ring (bicyclic) bond motifs is 1. The molecular weight excluding hydrogens is 252 g/mol. The van der Waals surface area contributed by atoms with E-state index in [4.69, 9.17) is 10.7 Å². The molecule has 0 aromatic carbocycles. The third-order valence-corrected chi connectivity index (χ3v) is 6.53. The van der Waals surface area contributed by atoms with Gasteiger partial charge in [0.05, 0.1) is 11.2 Å². The van der Waals surface area contributed by atoms with Gasteiger partial charge in [0.2, 0.25) is 0 Å². The molecule has 106 valence electrons. The normalized spacial score (nSPS) is 35.1. The first kappa shape index (κ1) is 13.6. The Bertz CT molecular complexity index is 444. The van der Waals surface area contributed by atoms with Crippen molar-refractivity contribution in [3.05, 3.63) is 15.6 Å². The largest absolute Gasteiger partial charge is 0.319 e. The van der Waals surface area contributed by atoms with E-state index in [2.05, 4.69) is 13.8 Å². The zero-order valence-corrected chi connectivity index (χ0v) is 13.1. The number of hydrogen-bond acceptors (Lipinski definition) is 3. The van der Waals surface area contributed by atoms with Crippen LogP contribution in [0.15, 0.2) is 0 Å². The van der Waals surface area contributed by atoms with Gasteiger partial charge in [-0.2, -0.15) is 0 Å². The maximum absolute atomic E-state index is 6.69. The van der Waals surface area contributed by atoms with Crippen LogP contribution < -0.4 is 5.73 Å². The standard InChI is InChI=1S/C16H26N2S/c1-3-12-6-8-16(17,9-7-12)15-18-13-5-4-11(2)10-14(13)19-15/h11-12H,3-10,17H2,1-2H3. The minimum atomic E-state index is -0.114. The Hall–Kier alpha value is -0.410. The van der Waals surface area contributed by atoms with Crippen molar-refractivity contribution >= 4 is 11.3 Å². The number of nitrogens with two attached hydrogens (primary N) is 1. The lowest BCUT2D eigenvalue weighted by molar-refractivity contribution is 0.231. The molecule has 3 rings (SSSR count). The van der Waals surface area contributed by atoms with Crippen LogP contribution in [0, 0.1) is 11.8 Å². The molecule has 0 spiro atoms. The van der Waals surface area contributed by atoms with Crippen LogP contribution in [-0.2, 0) is 18.4 Å². The lowest BCUT2D eigenvalue weighted by Crippen LogP contribution is -2.40. The molecule has 0 bridgehead atoms. The van der Waals surface area contributed by atoms with Crippen LogP contribution in [0.2, 0.25) is 0 Å². The van der Waals surface area contributed by atoms with E-state index in [1.165, 1.54) is 54.1 Å². The Balaban J connectivity index is 1.79. The fourth-order valence-electron chi connectivity index (χ4n) is 3.57. The average molecular weight is 278 g/mol. The summed E-state index contributed by atoms with van der Waals surface area (Å²) in [6.07, 6.45) is 9.83. The maximum atomic E-state index is 6.69. The summed E-state index contributed by atoms with van der Waals surface area (Å²) in [5.74, 6) is 1.72. The summed E-state index contributed by atoms with van der Waals surface area (Å²) >= 11 is 1.92. The van der Waals surface area contributed by atoms with Gasteiger partial charge >= 0.3 is 0 Å². The Morgan fingerprint density at radius 2 is 2.05 bits per heavy atom. The highest BCUT2D eigenvalue weighted by atomic mass is 32.1. The number of rotatable bonds is 2. The van der Waals surface area contributed by atoms with Crippen LogP contribution in [0.3, 0.4) is 0 Å². The van der Waals surface area contributed by atoms with Gasteiger partial charge in [0.15, 0.2) is 0 Å². The number of nitrogens with zero attached hydrogens (tertiary/aromatic N) is 1. The van der Waals surface area contributed by atoms with Gasteiger partial charge in [-0.25, -0.2) is 4.98 Å². The fraction of sp³-hybridized carbons (Fsp3) is 0.812. The summed E-state index contributed by atoms with van der Waals surface area (Å²) in [4.78, 5) is 6.45. The lowest BCUT2D eigenvalue weighted by Gasteiger charge is -2.35. The Morgan fingerprint density at radius 3 is 2.74 bits per heavy atom. The highest BCUT2D eigenvalue weighted by molar-refractivity contribution is 7.11. The second-order valence-electron chi connectivity index (χ2n) is 6.74. The van der Waals surface area contributed by atoms with Crippen molar-refractivity contribution in [1.82, 2.24) is 4.98 Å². The first-order chi connectivity index (χ1) is 9.10. The molecule has 1 atom stereocenters. The van der Waals surface area contributed by atoms with E-state index in [1.54, 1.807) is 0 Å². The van der Waals surface area contributed by atoms with Gasteiger partial charge in [-0.3, -0.25) is 0 Å². The van der Waals surface area contributed by atoms with Crippen molar-refractivity contribution in [1.29, 1.82) is 0 Å². The molecule has 2 N–H and O–H groups in total. The van der Waals surface area contributed by atoms with Gasteiger partial charge in [0.25, 0.3) is 0 Å². The van der Waals surface area contributed by atoms with Crippen molar-refractivity contribution in [3.8, 4) is 0 Å². The SMILES string of the molecule is CCC1CCC(N)(c2nc3c(s2)CC(C)CC3)CC1. The van der Waals surface area contributed by atoms with Crippen LogP contribution in [0.25, 0.3) is 0 Å². The van der Waals surface area contributed by atoms with Crippen molar-refractivity contribution in [2.24, 2.45) is 17.6 Å². The summed E-state index contributed by atoms with van der Waals surface area (Å²) in [5.41, 5.74) is 7.94. The summed E-state index contributed by atoms with van der Waals surface area (Å²) < 4.78 is 0. The quantitative estimate of drug-likeness (QED) is 0.887. The summed E-state index contributed by atoms with van der Waals surface area (Å²) in [6.45, 7) is 4.66. The van der Waals surface area contributed by atoms with Gasteiger partial charge in [0, 0.05) is 4.88 Å². The van der Waals surface area contributed by atoms with Gasteiger partial charge in [0.1, 0.15) is 5.01 Å². The van der Waals surface area contributed by atoms with Gasteiger partial charge < -0.3 is 5.73 Å². The molecular formula is C16H26N2S. The predicted octanol–water partition coefficient (Wildman–Crippen LogP) is 4.02. The third kappa shape index (κ3) is 2.59. The van der Waals surface area contributed by atoms with Crippen LogP contribution in [0.1, 0.15) is 68.0 Å². The first-order valence-corrected chi connectivity index (χ1v) is 8.70. The number of thiazole rings is 1. The van der Waals surface area contributed by atoms with Gasteiger partial charge in [-0.05, 0) is 56.8 Å². The van der Waals surface area contributed by atoms with E-state index in [0.29, 0.717) is 0 Å². The predicted molar refractivity (Wildman–Crippen MR) is 81.4 cm³/mol. The highest BCUT2D eigenvalue weighted by Crippen LogP contribution is 2.42. The fourth-order valence-corrected chi connectivity index (χ4v) is 5.00. The zero-order valence-electron chi connectivity index (χ0n) is 12.2. The average Bonchev–Trinajstić information content (AvgIpc) is 2.83. The second kappa shape index (κ2) is 5.17. The Kier molecular flexibility index (Phi) is 3.69. The number of aryl methyl sites for hydroxylation is 1. The first-order valence-electron chi connectivity index (χ1n) is 7.88. The summed E-state index contributed by atoms with van der Waals surface area (Å²) in [7, 11) is 0. The van der Waals surface area contributed by atoms with Crippen LogP contribution >= 0.6 is 11.3 Å². The minimum absolute atomic E-state index is 0.114. The molecule has 2 aliphatic carbocycles. The molecule has 0 saturated heterocycles. The lowest BCUT2D eigenvalue weighted by atomic mass is 9.76. The molecule has 19 heavy (non-hydrogen) atoms. The molecule has 2 aliphatic rings. The van der Waals surface area contributed by atoms with E-state index in [0.717, 1.165) is 24.7 Å². The molecule has 0 aliphatic heterocycles. The third-order valence-electron chi connectivity index (χ3n) is 5.19. The summed E-state index contributed by atoms with van der Waals surface area (Å²) in [6, 6.07) is 0. The minimum Gasteiger partial charge on any atom is -0.319 e. The van der Waals surface area contributed by atoms with Crippen molar-refractivity contribution in [3.63, 3.8) is 0 Å².